The molecule has 1 aliphatic heterocycles. The number of hydrogen-bond acceptors (Lipinski definition) is 2. The number of rotatable bonds is 4. The number of hydrogen-bond donors (Lipinski definition) is 1. The highest BCUT2D eigenvalue weighted by Gasteiger charge is 2.41. The van der Waals surface area contributed by atoms with Gasteiger partial charge in [-0.2, -0.15) is 0 Å². The summed E-state index contributed by atoms with van der Waals surface area (Å²) in [5, 5.41) is 0. The van der Waals surface area contributed by atoms with E-state index in [9.17, 15) is 0 Å². The van der Waals surface area contributed by atoms with Crippen molar-refractivity contribution in [3.8, 4) is 0 Å². The van der Waals surface area contributed by atoms with Crippen LogP contribution in [0.25, 0.3) is 0 Å². The first-order valence-electron chi connectivity index (χ1n) is 8.15. The molecule has 0 bridgehead atoms. The van der Waals surface area contributed by atoms with Gasteiger partial charge in [0.1, 0.15) is 0 Å². The smallest absolute Gasteiger partial charge is 0.0331 e. The van der Waals surface area contributed by atoms with E-state index in [1.807, 2.05) is 0 Å². The molecule has 1 aliphatic carbocycles. The Labute approximate surface area is 113 Å². The first kappa shape index (κ1) is 14.3. The van der Waals surface area contributed by atoms with Crippen molar-refractivity contribution in [1.82, 2.24) is 4.90 Å². The fourth-order valence-electron chi connectivity index (χ4n) is 4.27. The van der Waals surface area contributed by atoms with Gasteiger partial charge >= 0.3 is 0 Å². The predicted octanol–water partition coefficient (Wildman–Crippen LogP) is 3.55. The van der Waals surface area contributed by atoms with E-state index in [0.29, 0.717) is 11.0 Å². The van der Waals surface area contributed by atoms with Gasteiger partial charge in [-0.05, 0) is 44.2 Å². The van der Waals surface area contributed by atoms with Gasteiger partial charge < -0.3 is 5.73 Å². The molecule has 0 spiro atoms. The van der Waals surface area contributed by atoms with Crippen molar-refractivity contribution >= 4 is 0 Å². The molecule has 2 fully saturated rings. The van der Waals surface area contributed by atoms with Crippen molar-refractivity contribution < 1.29 is 0 Å². The van der Waals surface area contributed by atoms with E-state index >= 15 is 0 Å². The molecule has 106 valence electrons. The lowest BCUT2D eigenvalue weighted by Gasteiger charge is -2.51. The van der Waals surface area contributed by atoms with Gasteiger partial charge in [0.2, 0.25) is 0 Å². The molecule has 0 unspecified atom stereocenters. The summed E-state index contributed by atoms with van der Waals surface area (Å²) in [7, 11) is 0. The first-order chi connectivity index (χ1) is 8.70. The lowest BCUT2D eigenvalue weighted by molar-refractivity contribution is -0.00336. The third kappa shape index (κ3) is 2.60. The van der Waals surface area contributed by atoms with E-state index < -0.39 is 0 Å². The molecule has 2 N–H and O–H groups in total. The SMILES string of the molecule is CCC1(CC)CCN(C2(CN)CCCCC2)CC1. The fraction of sp³-hybridized carbons (Fsp3) is 1.00. The summed E-state index contributed by atoms with van der Waals surface area (Å²) in [6.07, 6.45) is 12.4. The van der Waals surface area contributed by atoms with Gasteiger partial charge in [-0.15, -0.1) is 0 Å². The monoisotopic (exact) mass is 252 g/mol. The van der Waals surface area contributed by atoms with Crippen LogP contribution in [0.15, 0.2) is 0 Å². The first-order valence-corrected chi connectivity index (χ1v) is 8.15. The van der Waals surface area contributed by atoms with Gasteiger partial charge in [-0.25, -0.2) is 0 Å². The molecule has 0 radical (unpaired) electrons. The van der Waals surface area contributed by atoms with Crippen molar-refractivity contribution in [3.63, 3.8) is 0 Å². The van der Waals surface area contributed by atoms with Crippen LogP contribution in [0.3, 0.4) is 0 Å². The summed E-state index contributed by atoms with van der Waals surface area (Å²) in [5.41, 5.74) is 7.17. The average Bonchev–Trinajstić information content (AvgIpc) is 2.48. The van der Waals surface area contributed by atoms with Gasteiger partial charge in [0.15, 0.2) is 0 Å². The van der Waals surface area contributed by atoms with Crippen LogP contribution in [0.1, 0.15) is 71.6 Å². The number of nitrogens with zero attached hydrogens (tertiary/aromatic N) is 1. The zero-order chi connectivity index (χ0) is 13.1. The molecule has 2 nitrogen and oxygen atoms in total. The van der Waals surface area contributed by atoms with Crippen molar-refractivity contribution in [2.24, 2.45) is 11.1 Å². The van der Waals surface area contributed by atoms with Gasteiger partial charge in [-0.3, -0.25) is 4.90 Å². The van der Waals surface area contributed by atoms with Crippen LogP contribution in [0.5, 0.6) is 0 Å². The summed E-state index contributed by atoms with van der Waals surface area (Å²) in [4.78, 5) is 2.76. The van der Waals surface area contributed by atoms with Gasteiger partial charge in [0.25, 0.3) is 0 Å². The van der Waals surface area contributed by atoms with E-state index in [2.05, 4.69) is 18.7 Å². The van der Waals surface area contributed by atoms with Crippen LogP contribution < -0.4 is 5.73 Å². The van der Waals surface area contributed by atoms with Gasteiger partial charge in [-0.1, -0.05) is 46.0 Å². The Hall–Kier alpha value is -0.0800. The highest BCUT2D eigenvalue weighted by atomic mass is 15.2. The van der Waals surface area contributed by atoms with E-state index in [0.717, 1.165) is 6.54 Å². The minimum Gasteiger partial charge on any atom is -0.329 e. The summed E-state index contributed by atoms with van der Waals surface area (Å²) >= 11 is 0. The summed E-state index contributed by atoms with van der Waals surface area (Å²) in [5.74, 6) is 0. The van der Waals surface area contributed by atoms with Crippen molar-refractivity contribution in [2.45, 2.75) is 77.2 Å². The molecule has 0 atom stereocenters. The zero-order valence-corrected chi connectivity index (χ0v) is 12.5. The van der Waals surface area contributed by atoms with Crippen LogP contribution in [0, 0.1) is 5.41 Å². The average molecular weight is 252 g/mol. The third-order valence-corrected chi connectivity index (χ3v) is 6.16. The van der Waals surface area contributed by atoms with Crippen molar-refractivity contribution in [2.75, 3.05) is 19.6 Å². The maximum atomic E-state index is 6.16. The Kier molecular flexibility index (Phi) is 4.71. The van der Waals surface area contributed by atoms with Crippen LogP contribution in [0.2, 0.25) is 0 Å². The second kappa shape index (κ2) is 5.92. The third-order valence-electron chi connectivity index (χ3n) is 6.16. The molecule has 0 aromatic heterocycles. The Morgan fingerprint density at radius 3 is 1.89 bits per heavy atom. The molecule has 1 saturated heterocycles. The number of piperidine rings is 1. The second-order valence-corrected chi connectivity index (χ2v) is 6.68. The minimum atomic E-state index is 0.367. The fourth-order valence-corrected chi connectivity index (χ4v) is 4.27. The van der Waals surface area contributed by atoms with E-state index in [-0.39, 0.29) is 0 Å². The van der Waals surface area contributed by atoms with Crippen LogP contribution in [0.4, 0.5) is 0 Å². The molecule has 1 heterocycles. The topological polar surface area (TPSA) is 29.3 Å². The maximum Gasteiger partial charge on any atom is 0.0331 e. The quantitative estimate of drug-likeness (QED) is 0.829. The van der Waals surface area contributed by atoms with E-state index in [1.165, 1.54) is 70.9 Å². The Morgan fingerprint density at radius 2 is 1.44 bits per heavy atom. The Morgan fingerprint density at radius 1 is 0.889 bits per heavy atom. The van der Waals surface area contributed by atoms with Gasteiger partial charge in [0.05, 0.1) is 0 Å². The molecule has 2 rings (SSSR count). The second-order valence-electron chi connectivity index (χ2n) is 6.68. The highest BCUT2D eigenvalue weighted by molar-refractivity contribution is 4.97. The zero-order valence-electron chi connectivity index (χ0n) is 12.5. The Bertz CT molecular complexity index is 242. The van der Waals surface area contributed by atoms with E-state index in [4.69, 9.17) is 5.73 Å². The molecule has 0 amide bonds. The van der Waals surface area contributed by atoms with E-state index in [1.54, 1.807) is 0 Å². The molecular formula is C16H32N2. The molecule has 2 heteroatoms. The molecular weight excluding hydrogens is 220 g/mol. The number of nitrogens with two attached hydrogens (primary N) is 1. The summed E-state index contributed by atoms with van der Waals surface area (Å²) in [6, 6.07) is 0. The number of likely N-dealkylation sites (tertiary alicyclic amines) is 1. The van der Waals surface area contributed by atoms with Crippen LogP contribution in [-0.2, 0) is 0 Å². The van der Waals surface area contributed by atoms with Crippen molar-refractivity contribution in [3.05, 3.63) is 0 Å². The summed E-state index contributed by atoms with van der Waals surface area (Å²) < 4.78 is 0. The standard InChI is InChI=1S/C16H32N2/c1-3-15(4-2)10-12-18(13-11-15)16(14-17)8-6-5-7-9-16/h3-14,17H2,1-2H3. The summed E-state index contributed by atoms with van der Waals surface area (Å²) in [6.45, 7) is 8.20. The van der Waals surface area contributed by atoms with Gasteiger partial charge in [0, 0.05) is 12.1 Å². The largest absolute Gasteiger partial charge is 0.329 e. The molecule has 0 aromatic rings. The highest BCUT2D eigenvalue weighted by Crippen LogP contribution is 2.42. The molecule has 18 heavy (non-hydrogen) atoms. The lowest BCUT2D eigenvalue weighted by Crippen LogP contribution is -2.58. The predicted molar refractivity (Wildman–Crippen MR) is 78.7 cm³/mol. The molecule has 0 aromatic carbocycles. The van der Waals surface area contributed by atoms with Crippen molar-refractivity contribution in [1.29, 1.82) is 0 Å². The maximum absolute atomic E-state index is 6.16. The molecule has 1 saturated carbocycles. The normalized spacial score (nSPS) is 28.2. The Balaban J connectivity index is 1.99. The van der Waals surface area contributed by atoms with Crippen LogP contribution >= 0.6 is 0 Å². The minimum absolute atomic E-state index is 0.367. The molecule has 2 aliphatic rings. The lowest BCUT2D eigenvalue weighted by atomic mass is 9.71. The van der Waals surface area contributed by atoms with Crippen LogP contribution in [-0.4, -0.2) is 30.1 Å².